The number of aromatic nitrogens is 2. The van der Waals surface area contributed by atoms with E-state index in [1.54, 1.807) is 29.3 Å². The van der Waals surface area contributed by atoms with E-state index >= 15 is 0 Å². The van der Waals surface area contributed by atoms with Crippen molar-refractivity contribution in [3.05, 3.63) is 89.3 Å². The molecule has 4 rings (SSSR count). The Morgan fingerprint density at radius 2 is 2.04 bits per heavy atom. The molecule has 0 saturated heterocycles. The lowest BCUT2D eigenvalue weighted by molar-refractivity contribution is 0.0719. The molecule has 4 nitrogen and oxygen atoms in total. The van der Waals surface area contributed by atoms with Crippen LogP contribution in [0.5, 0.6) is 0 Å². The van der Waals surface area contributed by atoms with Gasteiger partial charge < -0.3 is 9.47 Å². The highest BCUT2D eigenvalue weighted by atomic mass is 19.1. The molecule has 1 aliphatic rings. The third kappa shape index (κ3) is 3.92. The molecule has 1 amide bonds. The Balaban J connectivity index is 1.56. The van der Waals surface area contributed by atoms with Crippen molar-refractivity contribution in [3.63, 3.8) is 0 Å². The van der Waals surface area contributed by atoms with Crippen molar-refractivity contribution in [2.75, 3.05) is 0 Å². The molecule has 0 unspecified atom stereocenters. The topological polar surface area (TPSA) is 38.1 Å². The molecule has 1 fully saturated rings. The maximum absolute atomic E-state index is 14.1. The molecule has 0 atom stereocenters. The highest BCUT2D eigenvalue weighted by Gasteiger charge is 2.34. The van der Waals surface area contributed by atoms with Gasteiger partial charge in [-0.15, -0.1) is 0 Å². The number of halogens is 1. The van der Waals surface area contributed by atoms with E-state index in [-0.39, 0.29) is 17.5 Å². The lowest BCUT2D eigenvalue weighted by atomic mass is 10.1. The van der Waals surface area contributed by atoms with Gasteiger partial charge in [0.25, 0.3) is 5.91 Å². The molecule has 0 bridgehead atoms. The van der Waals surface area contributed by atoms with Crippen LogP contribution >= 0.6 is 0 Å². The number of carbonyl (C=O) groups is 1. The van der Waals surface area contributed by atoms with Gasteiger partial charge in [-0.2, -0.15) is 0 Å². The van der Waals surface area contributed by atoms with Crippen LogP contribution in [0, 0.1) is 12.7 Å². The van der Waals surface area contributed by atoms with Crippen molar-refractivity contribution in [2.45, 2.75) is 38.9 Å². The molecule has 3 aromatic rings. The molecule has 0 spiro atoms. The van der Waals surface area contributed by atoms with Crippen LogP contribution in [0.1, 0.15) is 40.2 Å². The maximum Gasteiger partial charge on any atom is 0.257 e. The number of carbonyl (C=O) groups excluding carboxylic acids is 1. The summed E-state index contributed by atoms with van der Waals surface area (Å²) in [5.41, 5.74) is 2.53. The average molecular weight is 363 g/mol. The van der Waals surface area contributed by atoms with E-state index < -0.39 is 5.82 Å². The Labute approximate surface area is 158 Å². The first kappa shape index (κ1) is 17.5. The molecule has 1 aliphatic carbocycles. The molecule has 1 saturated carbocycles. The van der Waals surface area contributed by atoms with Crippen LogP contribution in [0.4, 0.5) is 4.39 Å². The molecule has 1 aromatic heterocycles. The van der Waals surface area contributed by atoms with Crippen LogP contribution < -0.4 is 0 Å². The minimum atomic E-state index is -0.476. The van der Waals surface area contributed by atoms with Gasteiger partial charge in [-0.3, -0.25) is 4.79 Å². The lowest BCUT2D eigenvalue weighted by Crippen LogP contribution is -2.34. The van der Waals surface area contributed by atoms with Crippen LogP contribution in [0.2, 0.25) is 0 Å². The van der Waals surface area contributed by atoms with Crippen LogP contribution in [0.15, 0.2) is 60.9 Å². The maximum atomic E-state index is 14.1. The second kappa shape index (κ2) is 7.35. The highest BCUT2D eigenvalue weighted by Crippen LogP contribution is 2.30. The van der Waals surface area contributed by atoms with Gasteiger partial charge in [0.1, 0.15) is 11.6 Å². The third-order valence-corrected chi connectivity index (χ3v) is 4.90. The van der Waals surface area contributed by atoms with E-state index in [0.29, 0.717) is 13.1 Å². The summed E-state index contributed by atoms with van der Waals surface area (Å²) >= 11 is 0. The van der Waals surface area contributed by atoms with Crippen molar-refractivity contribution < 1.29 is 9.18 Å². The van der Waals surface area contributed by atoms with Gasteiger partial charge in [0.2, 0.25) is 0 Å². The van der Waals surface area contributed by atoms with Crippen molar-refractivity contribution in [2.24, 2.45) is 0 Å². The van der Waals surface area contributed by atoms with Crippen molar-refractivity contribution in [1.29, 1.82) is 0 Å². The predicted octanol–water partition coefficient (Wildman–Crippen LogP) is 4.18. The zero-order valence-corrected chi connectivity index (χ0v) is 15.3. The fraction of sp³-hybridized carbons (Fsp3) is 0.273. The molecular weight excluding hydrogens is 341 g/mol. The first-order chi connectivity index (χ1) is 13.1. The van der Waals surface area contributed by atoms with E-state index in [1.807, 2.05) is 12.3 Å². The summed E-state index contributed by atoms with van der Waals surface area (Å²) in [7, 11) is 0. The summed E-state index contributed by atoms with van der Waals surface area (Å²) in [5.74, 6) is 0.0741. The first-order valence-electron chi connectivity index (χ1n) is 9.23. The first-order valence-corrected chi connectivity index (χ1v) is 9.23. The van der Waals surface area contributed by atoms with Crippen LogP contribution in [0.25, 0.3) is 0 Å². The summed E-state index contributed by atoms with van der Waals surface area (Å²) in [6, 6.07) is 14.7. The largest absolute Gasteiger partial charge is 0.329 e. The molecule has 2 aromatic carbocycles. The highest BCUT2D eigenvalue weighted by molar-refractivity contribution is 5.94. The van der Waals surface area contributed by atoms with E-state index in [4.69, 9.17) is 0 Å². The summed E-state index contributed by atoms with van der Waals surface area (Å²) in [6.07, 6.45) is 5.59. The van der Waals surface area contributed by atoms with Crippen molar-refractivity contribution in [3.8, 4) is 0 Å². The summed E-state index contributed by atoms with van der Waals surface area (Å²) < 4.78 is 16.2. The van der Waals surface area contributed by atoms with Gasteiger partial charge in [0.05, 0.1) is 12.1 Å². The van der Waals surface area contributed by atoms with Gasteiger partial charge in [0, 0.05) is 25.0 Å². The van der Waals surface area contributed by atoms with Crippen LogP contribution in [-0.2, 0) is 13.1 Å². The van der Waals surface area contributed by atoms with Crippen molar-refractivity contribution in [1.82, 2.24) is 14.5 Å². The zero-order valence-electron chi connectivity index (χ0n) is 15.3. The van der Waals surface area contributed by atoms with E-state index in [2.05, 4.69) is 34.7 Å². The Bertz CT molecular complexity index is 961. The smallest absolute Gasteiger partial charge is 0.257 e. The van der Waals surface area contributed by atoms with Crippen LogP contribution in [0.3, 0.4) is 0 Å². The van der Waals surface area contributed by atoms with Crippen molar-refractivity contribution >= 4 is 5.91 Å². The van der Waals surface area contributed by atoms with E-state index in [0.717, 1.165) is 18.7 Å². The Morgan fingerprint density at radius 3 is 2.78 bits per heavy atom. The SMILES string of the molecule is Cc1cccc(Cn2ccnc2CN(C(=O)c2ccccc2F)C2CC2)c1. The van der Waals surface area contributed by atoms with Gasteiger partial charge >= 0.3 is 0 Å². The average Bonchev–Trinajstić information content (AvgIpc) is 3.41. The lowest BCUT2D eigenvalue weighted by Gasteiger charge is -2.23. The van der Waals surface area contributed by atoms with Gasteiger partial charge in [-0.1, -0.05) is 42.0 Å². The Kier molecular flexibility index (Phi) is 4.75. The second-order valence-corrected chi connectivity index (χ2v) is 7.10. The number of nitrogens with zero attached hydrogens (tertiary/aromatic N) is 3. The zero-order chi connectivity index (χ0) is 18.8. The summed E-state index contributed by atoms with van der Waals surface area (Å²) in [6.45, 7) is 3.15. The predicted molar refractivity (Wildman–Crippen MR) is 102 cm³/mol. The molecule has 27 heavy (non-hydrogen) atoms. The fourth-order valence-electron chi connectivity index (χ4n) is 3.34. The Morgan fingerprint density at radius 1 is 1.22 bits per heavy atom. The fourth-order valence-corrected chi connectivity index (χ4v) is 3.34. The van der Waals surface area contributed by atoms with E-state index in [1.165, 1.54) is 17.2 Å². The molecule has 0 radical (unpaired) electrons. The molecule has 0 aliphatic heterocycles. The number of hydrogen-bond acceptors (Lipinski definition) is 2. The minimum Gasteiger partial charge on any atom is -0.329 e. The molecular formula is C22H22FN3O. The third-order valence-electron chi connectivity index (χ3n) is 4.90. The van der Waals surface area contributed by atoms with Gasteiger partial charge in [-0.05, 0) is 37.5 Å². The minimum absolute atomic E-state index is 0.126. The summed E-state index contributed by atoms with van der Waals surface area (Å²) in [4.78, 5) is 19.2. The normalized spacial score (nSPS) is 13.6. The molecule has 138 valence electrons. The molecule has 1 heterocycles. The number of imidazole rings is 1. The molecule has 5 heteroatoms. The Hall–Kier alpha value is -2.95. The number of rotatable bonds is 6. The number of amides is 1. The summed E-state index contributed by atoms with van der Waals surface area (Å²) in [5, 5.41) is 0. The number of benzene rings is 2. The van der Waals surface area contributed by atoms with Crippen LogP contribution in [-0.4, -0.2) is 26.4 Å². The van der Waals surface area contributed by atoms with Gasteiger partial charge in [-0.25, -0.2) is 9.37 Å². The molecule has 0 N–H and O–H groups in total. The quantitative estimate of drug-likeness (QED) is 0.659. The number of hydrogen-bond donors (Lipinski definition) is 0. The standard InChI is InChI=1S/C22H22FN3O/c1-16-5-4-6-17(13-16)14-25-12-11-24-21(25)15-26(18-9-10-18)22(27)19-7-2-3-8-20(19)23/h2-8,11-13,18H,9-10,14-15H2,1H3. The second-order valence-electron chi connectivity index (χ2n) is 7.10. The van der Waals surface area contributed by atoms with Gasteiger partial charge in [0.15, 0.2) is 0 Å². The van der Waals surface area contributed by atoms with E-state index in [9.17, 15) is 9.18 Å². The monoisotopic (exact) mass is 363 g/mol. The number of aryl methyl sites for hydroxylation is 1.